The van der Waals surface area contributed by atoms with Gasteiger partial charge in [0.1, 0.15) is 13.1 Å². The van der Waals surface area contributed by atoms with Gasteiger partial charge >= 0.3 is 6.03 Å². The number of carbonyl (C=O) groups is 2. The number of nitrogens with zero attached hydrogens (tertiary/aromatic N) is 4. The third-order valence-electron chi connectivity index (χ3n) is 4.36. The largest absolute Gasteiger partial charge is 0.432 e. The van der Waals surface area contributed by atoms with E-state index in [-0.39, 0.29) is 23.2 Å². The maximum Gasteiger partial charge on any atom is 0.432 e. The molecule has 2 rings (SSSR count). The number of quaternary nitrogens is 1. The molecule has 0 atom stereocenters. The molecule has 0 unspecified atom stereocenters. The van der Waals surface area contributed by atoms with E-state index in [0.29, 0.717) is 37.5 Å². The molecule has 1 aliphatic heterocycles. The van der Waals surface area contributed by atoms with Crippen molar-refractivity contribution in [1.29, 1.82) is 0 Å². The van der Waals surface area contributed by atoms with Crippen LogP contribution in [0.25, 0.3) is 0 Å². The van der Waals surface area contributed by atoms with Crippen molar-refractivity contribution in [2.45, 2.75) is 52.4 Å². The lowest BCUT2D eigenvalue weighted by Gasteiger charge is -2.34. The summed E-state index contributed by atoms with van der Waals surface area (Å²) < 4.78 is 6.94. The Morgan fingerprint density at radius 1 is 1.28 bits per heavy atom. The number of imidazole rings is 1. The lowest BCUT2D eigenvalue weighted by Crippen LogP contribution is -2.60. The molecule has 8 nitrogen and oxygen atoms in total. The topological polar surface area (TPSA) is 84.7 Å². The Hall–Kier alpha value is -1.77. The van der Waals surface area contributed by atoms with Gasteiger partial charge in [-0.25, -0.2) is 9.69 Å². The van der Waals surface area contributed by atoms with E-state index in [0.717, 1.165) is 6.42 Å². The summed E-state index contributed by atoms with van der Waals surface area (Å²) in [6.07, 6.45) is 3.55. The van der Waals surface area contributed by atoms with Crippen LogP contribution in [0.5, 0.6) is 0 Å². The number of hydrogen-bond donors (Lipinski definition) is 1. The molecular formula is C17H29N4O4+. The maximum atomic E-state index is 12.9. The van der Waals surface area contributed by atoms with E-state index in [9.17, 15) is 14.7 Å². The average molecular weight is 353 g/mol. The Bertz CT molecular complexity index is 646. The number of fused-ring (bicyclic) bond motifs is 1. The molecule has 3 amide bonds. The zero-order valence-electron chi connectivity index (χ0n) is 15.8. The van der Waals surface area contributed by atoms with Crippen LogP contribution < -0.4 is 4.48 Å². The number of aliphatic hydroxyl groups is 1. The van der Waals surface area contributed by atoms with Gasteiger partial charge in [-0.1, -0.05) is 0 Å². The first-order valence-corrected chi connectivity index (χ1v) is 8.65. The Morgan fingerprint density at radius 3 is 2.56 bits per heavy atom. The van der Waals surface area contributed by atoms with Crippen LogP contribution in [-0.2, 0) is 11.5 Å². The molecule has 0 aliphatic carbocycles. The van der Waals surface area contributed by atoms with Crippen molar-refractivity contribution in [1.82, 2.24) is 18.9 Å². The van der Waals surface area contributed by atoms with Crippen LogP contribution in [-0.4, -0.2) is 64.3 Å². The van der Waals surface area contributed by atoms with Gasteiger partial charge in [0, 0.05) is 13.2 Å². The van der Waals surface area contributed by atoms with Gasteiger partial charge < -0.3 is 9.84 Å². The van der Waals surface area contributed by atoms with E-state index in [2.05, 4.69) is 4.98 Å². The number of unbranched alkanes of at least 4 members (excludes halogenated alkanes) is 1. The van der Waals surface area contributed by atoms with Gasteiger partial charge in [0.05, 0.1) is 19.7 Å². The lowest BCUT2D eigenvalue weighted by atomic mass is 10.0. The van der Waals surface area contributed by atoms with E-state index >= 15 is 0 Å². The Morgan fingerprint density at radius 2 is 1.96 bits per heavy atom. The van der Waals surface area contributed by atoms with Gasteiger partial charge in [0.2, 0.25) is 0 Å². The number of urea groups is 1. The summed E-state index contributed by atoms with van der Waals surface area (Å²) in [7, 11) is 3.46. The molecule has 0 saturated heterocycles. The molecule has 1 aromatic rings. The number of imide groups is 1. The van der Waals surface area contributed by atoms with Crippen LogP contribution in [0.4, 0.5) is 10.6 Å². The minimum absolute atomic E-state index is 0.105. The van der Waals surface area contributed by atoms with Crippen molar-refractivity contribution in [3.05, 3.63) is 12.0 Å². The van der Waals surface area contributed by atoms with Gasteiger partial charge in [-0.05, 0) is 40.0 Å². The normalized spacial score (nSPS) is 17.1. The lowest BCUT2D eigenvalue weighted by molar-refractivity contribution is 0.0627. The Kier molecular flexibility index (Phi) is 5.65. The first kappa shape index (κ1) is 19.6. The summed E-state index contributed by atoms with van der Waals surface area (Å²) in [6.45, 7) is 6.47. The van der Waals surface area contributed by atoms with Gasteiger partial charge in [-0.2, -0.15) is 9.47 Å². The molecule has 8 heteroatoms. The quantitative estimate of drug-likeness (QED) is 0.570. The van der Waals surface area contributed by atoms with Gasteiger partial charge in [-0.15, -0.1) is 0 Å². The average Bonchev–Trinajstić information content (AvgIpc) is 2.94. The van der Waals surface area contributed by atoms with Crippen LogP contribution in [0.1, 0.15) is 50.5 Å². The van der Waals surface area contributed by atoms with Gasteiger partial charge in [0.25, 0.3) is 11.7 Å². The van der Waals surface area contributed by atoms with Crippen molar-refractivity contribution >= 4 is 17.8 Å². The summed E-state index contributed by atoms with van der Waals surface area (Å²) in [6, 6.07) is -0.289. The molecule has 140 valence electrons. The molecule has 1 N–H and O–H groups in total. The van der Waals surface area contributed by atoms with E-state index in [1.165, 1.54) is 4.90 Å². The maximum absolute atomic E-state index is 12.9. The highest BCUT2D eigenvalue weighted by Gasteiger charge is 2.49. The number of hydrogen-bond acceptors (Lipinski definition) is 5. The molecule has 1 aliphatic rings. The second kappa shape index (κ2) is 7.23. The zero-order valence-corrected chi connectivity index (χ0v) is 15.8. The Labute approximate surface area is 148 Å². The van der Waals surface area contributed by atoms with E-state index in [1.807, 2.05) is 6.92 Å². The van der Waals surface area contributed by atoms with Crippen molar-refractivity contribution < 1.29 is 19.4 Å². The summed E-state index contributed by atoms with van der Waals surface area (Å²) in [5, 5.41) is 9.79. The molecule has 0 saturated carbocycles. The molecule has 1 aromatic heterocycles. The third-order valence-corrected chi connectivity index (χ3v) is 4.36. The SMILES string of the molecule is CCOCn1cnc2c1C(=O)N(CCCCC(C)(C)O)C(=O)[N+]2(C)C. The summed E-state index contributed by atoms with van der Waals surface area (Å²) >= 11 is 0. The molecule has 0 spiro atoms. The minimum atomic E-state index is -0.742. The predicted molar refractivity (Wildman–Crippen MR) is 94.1 cm³/mol. The van der Waals surface area contributed by atoms with E-state index < -0.39 is 5.60 Å². The van der Waals surface area contributed by atoms with E-state index in [1.54, 1.807) is 38.8 Å². The zero-order chi connectivity index (χ0) is 18.8. The van der Waals surface area contributed by atoms with Crippen LogP contribution in [0, 0.1) is 0 Å². The molecule has 25 heavy (non-hydrogen) atoms. The monoisotopic (exact) mass is 353 g/mol. The second-order valence-electron chi connectivity index (χ2n) is 7.47. The Balaban J connectivity index is 2.19. The number of carbonyl (C=O) groups excluding carboxylic acids is 2. The van der Waals surface area contributed by atoms with Crippen LogP contribution in [0.3, 0.4) is 0 Å². The van der Waals surface area contributed by atoms with Gasteiger partial charge in [-0.3, -0.25) is 9.36 Å². The minimum Gasteiger partial charge on any atom is -0.390 e. The van der Waals surface area contributed by atoms with Crippen molar-refractivity contribution in [2.75, 3.05) is 27.2 Å². The fourth-order valence-electron chi connectivity index (χ4n) is 2.92. The van der Waals surface area contributed by atoms with Gasteiger partial charge in [0.15, 0.2) is 5.69 Å². The van der Waals surface area contributed by atoms with Crippen LogP contribution >= 0.6 is 0 Å². The number of ether oxygens (including phenoxy) is 1. The molecule has 0 fully saturated rings. The summed E-state index contributed by atoms with van der Waals surface area (Å²) in [5.74, 6) is 0.111. The fraction of sp³-hybridized carbons (Fsp3) is 0.706. The number of amides is 3. The van der Waals surface area contributed by atoms with Crippen LogP contribution in [0.2, 0.25) is 0 Å². The van der Waals surface area contributed by atoms with Crippen molar-refractivity contribution in [3.63, 3.8) is 0 Å². The highest BCUT2D eigenvalue weighted by Crippen LogP contribution is 2.31. The first-order chi connectivity index (χ1) is 11.6. The molecule has 0 bridgehead atoms. The molecule has 2 heterocycles. The third kappa shape index (κ3) is 4.08. The number of aromatic nitrogens is 2. The first-order valence-electron chi connectivity index (χ1n) is 8.65. The second-order valence-corrected chi connectivity index (χ2v) is 7.47. The predicted octanol–water partition coefficient (Wildman–Crippen LogP) is 1.96. The molecular weight excluding hydrogens is 324 g/mol. The summed E-state index contributed by atoms with van der Waals surface area (Å²) in [5.41, 5.74) is -0.338. The summed E-state index contributed by atoms with van der Waals surface area (Å²) in [4.78, 5) is 31.2. The highest BCUT2D eigenvalue weighted by molar-refractivity contribution is 6.12. The van der Waals surface area contributed by atoms with Crippen LogP contribution in [0.15, 0.2) is 6.33 Å². The van der Waals surface area contributed by atoms with E-state index in [4.69, 9.17) is 4.74 Å². The fourth-order valence-corrected chi connectivity index (χ4v) is 2.92. The number of rotatable bonds is 8. The van der Waals surface area contributed by atoms with Crippen molar-refractivity contribution in [3.8, 4) is 0 Å². The molecule has 0 radical (unpaired) electrons. The standard InChI is InChI=1S/C17H29N4O4/c1-6-25-12-19-11-18-14-13(19)15(22)20(16(23)21(14,4)5)10-8-7-9-17(2,3)24/h11,24H,6-10,12H2,1-5H3/q+1. The molecule has 0 aromatic carbocycles. The smallest absolute Gasteiger partial charge is 0.390 e. The highest BCUT2D eigenvalue weighted by atomic mass is 16.5. The van der Waals surface area contributed by atoms with Crippen molar-refractivity contribution in [2.24, 2.45) is 0 Å².